The highest BCUT2D eigenvalue weighted by Gasteiger charge is 2.16. The lowest BCUT2D eigenvalue weighted by molar-refractivity contribution is -0.121. The van der Waals surface area contributed by atoms with Crippen molar-refractivity contribution in [2.24, 2.45) is 0 Å². The highest BCUT2D eigenvalue weighted by atomic mass is 16.3. The number of carbonyl (C=O) groups is 1. The molecule has 2 N–H and O–H groups in total. The lowest BCUT2D eigenvalue weighted by atomic mass is 10.1. The maximum atomic E-state index is 11.6. The molecule has 1 aromatic rings. The van der Waals surface area contributed by atoms with Gasteiger partial charge in [0.1, 0.15) is 12.2 Å². The first-order valence-electron chi connectivity index (χ1n) is 5.89. The molecule has 0 spiro atoms. The van der Waals surface area contributed by atoms with E-state index in [1.807, 2.05) is 20.8 Å². The van der Waals surface area contributed by atoms with E-state index in [9.17, 15) is 4.79 Å². The fraction of sp³-hybridized carbons (Fsp3) is 0.727. The summed E-state index contributed by atoms with van der Waals surface area (Å²) in [4.78, 5) is 11.6. The van der Waals surface area contributed by atoms with Crippen LogP contribution in [0.15, 0.2) is 0 Å². The van der Waals surface area contributed by atoms with Gasteiger partial charge in [0.25, 0.3) is 0 Å². The maximum Gasteiger partial charge on any atom is 0.241 e. The number of aromatic nitrogens is 3. The zero-order valence-corrected chi connectivity index (χ0v) is 10.6. The van der Waals surface area contributed by atoms with Crippen molar-refractivity contribution in [1.82, 2.24) is 20.3 Å². The van der Waals surface area contributed by atoms with Gasteiger partial charge in [-0.3, -0.25) is 4.79 Å². The van der Waals surface area contributed by atoms with Crippen LogP contribution in [-0.2, 0) is 17.9 Å². The molecule has 0 aliphatic heterocycles. The molecule has 6 nitrogen and oxygen atoms in total. The number of aliphatic hydroxyl groups is 1. The first-order valence-corrected chi connectivity index (χ1v) is 5.89. The number of amides is 1. The molecule has 0 saturated carbocycles. The van der Waals surface area contributed by atoms with E-state index in [4.69, 9.17) is 5.11 Å². The number of rotatable bonds is 6. The molecular weight excluding hydrogens is 220 g/mol. The van der Waals surface area contributed by atoms with E-state index in [0.29, 0.717) is 12.2 Å². The molecule has 0 aliphatic rings. The zero-order valence-electron chi connectivity index (χ0n) is 10.6. The average Bonchev–Trinajstić information content (AvgIpc) is 2.69. The van der Waals surface area contributed by atoms with E-state index in [0.717, 1.165) is 12.1 Å². The largest absolute Gasteiger partial charge is 0.390 e. The van der Waals surface area contributed by atoms with Crippen molar-refractivity contribution in [3.63, 3.8) is 0 Å². The summed E-state index contributed by atoms with van der Waals surface area (Å²) in [6.07, 6.45) is 0.905. The maximum absolute atomic E-state index is 11.6. The van der Waals surface area contributed by atoms with Gasteiger partial charge in [0, 0.05) is 6.54 Å². The lowest BCUT2D eigenvalue weighted by Gasteiger charge is -2.10. The van der Waals surface area contributed by atoms with E-state index in [2.05, 4.69) is 15.6 Å². The van der Waals surface area contributed by atoms with Gasteiger partial charge in [-0.15, -0.1) is 5.10 Å². The Labute approximate surface area is 101 Å². The van der Waals surface area contributed by atoms with Gasteiger partial charge < -0.3 is 10.4 Å². The monoisotopic (exact) mass is 240 g/mol. The number of aliphatic hydroxyl groups excluding tert-OH is 1. The molecule has 1 heterocycles. The van der Waals surface area contributed by atoms with Crippen molar-refractivity contribution in [2.45, 2.75) is 46.3 Å². The van der Waals surface area contributed by atoms with Crippen LogP contribution in [0.5, 0.6) is 0 Å². The standard InChI is InChI=1S/C11H20N4O2/c1-4-5-12-10(17)6-15-11(8(2)3)9(7-16)13-14-15/h8,16H,4-7H2,1-3H3,(H,12,17). The molecule has 17 heavy (non-hydrogen) atoms. The molecule has 6 heteroatoms. The van der Waals surface area contributed by atoms with Gasteiger partial charge in [-0.25, -0.2) is 4.68 Å². The average molecular weight is 240 g/mol. The van der Waals surface area contributed by atoms with E-state index >= 15 is 0 Å². The molecule has 0 radical (unpaired) electrons. The summed E-state index contributed by atoms with van der Waals surface area (Å²) in [5.74, 6) is 0.0919. The fourth-order valence-corrected chi connectivity index (χ4v) is 1.67. The highest BCUT2D eigenvalue weighted by Crippen LogP contribution is 2.17. The molecule has 96 valence electrons. The Morgan fingerprint density at radius 2 is 2.24 bits per heavy atom. The Hall–Kier alpha value is -1.43. The quantitative estimate of drug-likeness (QED) is 0.755. The topological polar surface area (TPSA) is 80.0 Å². The normalized spacial score (nSPS) is 10.9. The summed E-state index contributed by atoms with van der Waals surface area (Å²) in [5.41, 5.74) is 1.36. The van der Waals surface area contributed by atoms with Crippen LogP contribution in [0.3, 0.4) is 0 Å². The van der Waals surface area contributed by atoms with Crippen LogP contribution in [0.2, 0.25) is 0 Å². The molecular formula is C11H20N4O2. The summed E-state index contributed by atoms with van der Waals surface area (Å²) >= 11 is 0. The van der Waals surface area contributed by atoms with Crippen LogP contribution in [0.4, 0.5) is 0 Å². The third-order valence-corrected chi connectivity index (χ3v) is 2.41. The van der Waals surface area contributed by atoms with Gasteiger partial charge in [0.05, 0.1) is 12.3 Å². The number of carbonyl (C=O) groups excluding carboxylic acids is 1. The minimum Gasteiger partial charge on any atom is -0.390 e. The Kier molecular flexibility index (Phi) is 5.09. The van der Waals surface area contributed by atoms with Gasteiger partial charge in [-0.1, -0.05) is 26.0 Å². The van der Waals surface area contributed by atoms with Crippen molar-refractivity contribution in [3.05, 3.63) is 11.4 Å². The first-order chi connectivity index (χ1) is 8.10. The Bertz CT molecular complexity index is 374. The van der Waals surface area contributed by atoms with E-state index in [1.54, 1.807) is 4.68 Å². The van der Waals surface area contributed by atoms with Gasteiger partial charge >= 0.3 is 0 Å². The Morgan fingerprint density at radius 3 is 2.76 bits per heavy atom. The molecule has 0 fully saturated rings. The van der Waals surface area contributed by atoms with Crippen molar-refractivity contribution >= 4 is 5.91 Å². The number of hydrogen-bond donors (Lipinski definition) is 2. The first kappa shape index (κ1) is 13.6. The molecule has 0 unspecified atom stereocenters. The third-order valence-electron chi connectivity index (χ3n) is 2.41. The summed E-state index contributed by atoms with van der Waals surface area (Å²) in [5, 5.41) is 19.7. The number of hydrogen-bond acceptors (Lipinski definition) is 4. The van der Waals surface area contributed by atoms with Crippen LogP contribution in [0.25, 0.3) is 0 Å². The predicted octanol–water partition coefficient (Wildman–Crippen LogP) is 0.420. The van der Waals surface area contributed by atoms with Crippen LogP contribution in [0.1, 0.15) is 44.5 Å². The summed E-state index contributed by atoms with van der Waals surface area (Å²) < 4.78 is 1.56. The lowest BCUT2D eigenvalue weighted by Crippen LogP contribution is -2.29. The van der Waals surface area contributed by atoms with Gasteiger partial charge in [0.2, 0.25) is 5.91 Å². The molecule has 0 bridgehead atoms. The summed E-state index contributed by atoms with van der Waals surface area (Å²) in [6, 6.07) is 0. The van der Waals surface area contributed by atoms with E-state index in [1.165, 1.54) is 0 Å². The SMILES string of the molecule is CCCNC(=O)Cn1nnc(CO)c1C(C)C. The van der Waals surface area contributed by atoms with Crippen LogP contribution in [-0.4, -0.2) is 32.6 Å². The number of nitrogens with one attached hydrogen (secondary N) is 1. The van der Waals surface area contributed by atoms with Gasteiger partial charge in [0.15, 0.2) is 0 Å². The highest BCUT2D eigenvalue weighted by molar-refractivity contribution is 5.75. The molecule has 1 rings (SSSR count). The molecule has 1 aromatic heterocycles. The molecule has 0 aromatic carbocycles. The van der Waals surface area contributed by atoms with E-state index in [-0.39, 0.29) is 25.0 Å². The van der Waals surface area contributed by atoms with Crippen LogP contribution >= 0.6 is 0 Å². The number of nitrogens with zero attached hydrogens (tertiary/aromatic N) is 3. The second-order valence-electron chi connectivity index (χ2n) is 4.24. The zero-order chi connectivity index (χ0) is 12.8. The minimum absolute atomic E-state index is 0.0804. The summed E-state index contributed by atoms with van der Waals surface area (Å²) in [7, 11) is 0. The van der Waals surface area contributed by atoms with Crippen molar-refractivity contribution in [3.8, 4) is 0 Å². The van der Waals surface area contributed by atoms with Gasteiger partial charge in [-0.05, 0) is 12.3 Å². The Morgan fingerprint density at radius 1 is 1.53 bits per heavy atom. The van der Waals surface area contributed by atoms with Crippen LogP contribution < -0.4 is 5.32 Å². The van der Waals surface area contributed by atoms with Crippen molar-refractivity contribution in [1.29, 1.82) is 0 Å². The molecule has 0 saturated heterocycles. The van der Waals surface area contributed by atoms with Crippen molar-refractivity contribution in [2.75, 3.05) is 6.54 Å². The predicted molar refractivity (Wildman–Crippen MR) is 63.3 cm³/mol. The molecule has 0 aliphatic carbocycles. The van der Waals surface area contributed by atoms with Crippen LogP contribution in [0, 0.1) is 0 Å². The third kappa shape index (κ3) is 3.52. The van der Waals surface area contributed by atoms with Crippen molar-refractivity contribution < 1.29 is 9.90 Å². The fourth-order valence-electron chi connectivity index (χ4n) is 1.67. The molecule has 1 amide bonds. The van der Waals surface area contributed by atoms with E-state index < -0.39 is 0 Å². The summed E-state index contributed by atoms with van der Waals surface area (Å²) in [6.45, 7) is 6.64. The second-order valence-corrected chi connectivity index (χ2v) is 4.24. The van der Waals surface area contributed by atoms with Gasteiger partial charge in [-0.2, -0.15) is 0 Å². The second kappa shape index (κ2) is 6.34. The smallest absolute Gasteiger partial charge is 0.241 e. The minimum atomic E-state index is -0.149. The Balaban J connectivity index is 2.77. The molecule has 0 atom stereocenters.